The second-order valence-corrected chi connectivity index (χ2v) is 8.55. The Balaban J connectivity index is 1.58. The number of anilines is 1. The lowest BCUT2D eigenvalue weighted by Crippen LogP contribution is -2.29. The molecule has 0 radical (unpaired) electrons. The SMILES string of the molecule is CCN(Cc1ccc(C(=O)Nc2c(-c3ccc(F)cc3)nc3sccn23)cc1)C(C)C. The topological polar surface area (TPSA) is 49.6 Å². The number of benzene rings is 2. The van der Waals surface area contributed by atoms with E-state index in [0.717, 1.165) is 23.6 Å². The summed E-state index contributed by atoms with van der Waals surface area (Å²) in [5.41, 5.74) is 3.11. The summed E-state index contributed by atoms with van der Waals surface area (Å²) in [6.45, 7) is 8.34. The van der Waals surface area contributed by atoms with Crippen molar-refractivity contribution in [2.75, 3.05) is 11.9 Å². The van der Waals surface area contributed by atoms with Crippen molar-refractivity contribution in [3.63, 3.8) is 0 Å². The summed E-state index contributed by atoms with van der Waals surface area (Å²) in [6, 6.07) is 14.3. The van der Waals surface area contributed by atoms with Crippen molar-refractivity contribution in [2.24, 2.45) is 0 Å². The molecule has 0 saturated heterocycles. The highest BCUT2D eigenvalue weighted by atomic mass is 32.1. The van der Waals surface area contributed by atoms with Crippen molar-refractivity contribution in [2.45, 2.75) is 33.4 Å². The normalized spacial score (nSPS) is 11.5. The zero-order valence-corrected chi connectivity index (χ0v) is 18.6. The molecule has 4 rings (SSSR count). The summed E-state index contributed by atoms with van der Waals surface area (Å²) < 4.78 is 15.2. The van der Waals surface area contributed by atoms with Gasteiger partial charge in [-0.25, -0.2) is 9.37 Å². The third kappa shape index (κ3) is 4.52. The standard InChI is InChI=1S/C24H25FN4OS/c1-4-28(16(2)3)15-17-5-7-19(8-6-17)23(30)27-22-21(18-9-11-20(25)12-10-18)26-24-29(22)13-14-31-24/h5-14,16H,4,15H2,1-3H3,(H,27,30). The number of nitrogens with zero attached hydrogens (tertiary/aromatic N) is 3. The summed E-state index contributed by atoms with van der Waals surface area (Å²) in [6.07, 6.45) is 1.87. The van der Waals surface area contributed by atoms with Crippen LogP contribution in [0.2, 0.25) is 0 Å². The van der Waals surface area contributed by atoms with Gasteiger partial charge in [0.1, 0.15) is 17.3 Å². The molecule has 0 saturated carbocycles. The summed E-state index contributed by atoms with van der Waals surface area (Å²) in [7, 11) is 0. The molecule has 7 heteroatoms. The number of amides is 1. The lowest BCUT2D eigenvalue weighted by atomic mass is 10.1. The highest BCUT2D eigenvalue weighted by molar-refractivity contribution is 7.15. The van der Waals surface area contributed by atoms with E-state index in [1.54, 1.807) is 12.1 Å². The number of fused-ring (bicyclic) bond motifs is 1. The van der Waals surface area contributed by atoms with Crippen LogP contribution in [-0.4, -0.2) is 32.8 Å². The van der Waals surface area contributed by atoms with E-state index in [-0.39, 0.29) is 11.7 Å². The first-order valence-electron chi connectivity index (χ1n) is 10.3. The molecule has 2 aromatic carbocycles. The molecule has 1 N–H and O–H groups in total. The van der Waals surface area contributed by atoms with Crippen LogP contribution in [0.1, 0.15) is 36.7 Å². The van der Waals surface area contributed by atoms with Crippen LogP contribution in [0.4, 0.5) is 10.2 Å². The molecule has 0 spiro atoms. The molecule has 1 amide bonds. The number of imidazole rings is 1. The van der Waals surface area contributed by atoms with Crippen molar-refractivity contribution in [3.8, 4) is 11.3 Å². The molecule has 2 heterocycles. The predicted molar refractivity (Wildman–Crippen MR) is 124 cm³/mol. The molecule has 0 bridgehead atoms. The van der Waals surface area contributed by atoms with Crippen LogP contribution in [0.3, 0.4) is 0 Å². The predicted octanol–water partition coefficient (Wildman–Crippen LogP) is 5.68. The van der Waals surface area contributed by atoms with Crippen molar-refractivity contribution >= 4 is 28.0 Å². The summed E-state index contributed by atoms with van der Waals surface area (Å²) in [4.78, 5) is 20.8. The van der Waals surface area contributed by atoms with E-state index in [1.807, 2.05) is 40.2 Å². The minimum Gasteiger partial charge on any atom is -0.306 e. The first-order valence-corrected chi connectivity index (χ1v) is 11.2. The Bertz CT molecular complexity index is 1180. The van der Waals surface area contributed by atoms with E-state index in [4.69, 9.17) is 0 Å². The molecule has 0 unspecified atom stereocenters. The third-order valence-corrected chi connectivity index (χ3v) is 6.11. The fourth-order valence-electron chi connectivity index (χ4n) is 3.55. The smallest absolute Gasteiger partial charge is 0.256 e. The summed E-state index contributed by atoms with van der Waals surface area (Å²) in [5.74, 6) is 0.0579. The zero-order chi connectivity index (χ0) is 22.0. The molecule has 5 nitrogen and oxygen atoms in total. The molecule has 160 valence electrons. The molecule has 0 fully saturated rings. The Morgan fingerprint density at radius 2 is 1.87 bits per heavy atom. The van der Waals surface area contributed by atoms with Crippen LogP contribution in [0.15, 0.2) is 60.1 Å². The van der Waals surface area contributed by atoms with Gasteiger partial charge in [-0.15, -0.1) is 11.3 Å². The maximum atomic E-state index is 13.4. The molecule has 0 aliphatic carbocycles. The van der Waals surface area contributed by atoms with Crippen molar-refractivity contribution in [1.29, 1.82) is 0 Å². The number of nitrogens with one attached hydrogen (secondary N) is 1. The number of aromatic nitrogens is 2. The van der Waals surface area contributed by atoms with Gasteiger partial charge in [0.2, 0.25) is 0 Å². The Morgan fingerprint density at radius 3 is 2.52 bits per heavy atom. The average molecular weight is 437 g/mol. The van der Waals surface area contributed by atoms with Crippen molar-refractivity contribution in [3.05, 3.63) is 77.1 Å². The number of thiazole rings is 1. The number of carbonyl (C=O) groups excluding carboxylic acids is 1. The van der Waals surface area contributed by atoms with Crippen molar-refractivity contribution in [1.82, 2.24) is 14.3 Å². The lowest BCUT2D eigenvalue weighted by Gasteiger charge is -2.24. The average Bonchev–Trinajstić information content (AvgIpc) is 3.35. The van der Waals surface area contributed by atoms with E-state index in [1.165, 1.54) is 29.0 Å². The molecule has 0 atom stereocenters. The van der Waals surface area contributed by atoms with Crippen LogP contribution in [0.5, 0.6) is 0 Å². The van der Waals surface area contributed by atoms with E-state index >= 15 is 0 Å². The second kappa shape index (κ2) is 8.99. The molecular formula is C24H25FN4OS. The number of rotatable bonds is 7. The molecule has 0 aliphatic heterocycles. The van der Waals surface area contributed by atoms with Gasteiger partial charge in [-0.1, -0.05) is 19.1 Å². The van der Waals surface area contributed by atoms with E-state index in [2.05, 4.69) is 36.0 Å². The molecule has 0 aliphatic rings. The van der Waals surface area contributed by atoms with Gasteiger partial charge in [-0.2, -0.15) is 0 Å². The number of hydrogen-bond acceptors (Lipinski definition) is 4. The van der Waals surface area contributed by atoms with Crippen LogP contribution in [0, 0.1) is 5.82 Å². The highest BCUT2D eigenvalue weighted by Crippen LogP contribution is 2.31. The van der Waals surface area contributed by atoms with Gasteiger partial charge in [-0.05, 0) is 62.4 Å². The number of hydrogen-bond donors (Lipinski definition) is 1. The second-order valence-electron chi connectivity index (χ2n) is 7.68. The van der Waals surface area contributed by atoms with E-state index in [0.29, 0.717) is 23.1 Å². The van der Waals surface area contributed by atoms with Crippen LogP contribution in [-0.2, 0) is 6.54 Å². The van der Waals surface area contributed by atoms with Gasteiger partial charge >= 0.3 is 0 Å². The van der Waals surface area contributed by atoms with Crippen LogP contribution >= 0.6 is 11.3 Å². The molecule has 2 aromatic heterocycles. The summed E-state index contributed by atoms with van der Waals surface area (Å²) >= 11 is 1.48. The van der Waals surface area contributed by atoms with Crippen LogP contribution in [0.25, 0.3) is 16.2 Å². The van der Waals surface area contributed by atoms with Gasteiger partial charge in [-0.3, -0.25) is 14.1 Å². The number of carbonyl (C=O) groups is 1. The van der Waals surface area contributed by atoms with Crippen molar-refractivity contribution < 1.29 is 9.18 Å². The van der Waals surface area contributed by atoms with Gasteiger partial charge in [0.15, 0.2) is 4.96 Å². The van der Waals surface area contributed by atoms with Gasteiger partial charge in [0.25, 0.3) is 5.91 Å². The zero-order valence-electron chi connectivity index (χ0n) is 17.8. The molecule has 31 heavy (non-hydrogen) atoms. The Kier molecular flexibility index (Phi) is 6.15. The Hall–Kier alpha value is -3.03. The first-order chi connectivity index (χ1) is 15.0. The lowest BCUT2D eigenvalue weighted by molar-refractivity contribution is 0.102. The van der Waals surface area contributed by atoms with Crippen LogP contribution < -0.4 is 5.32 Å². The Labute approximate surface area is 185 Å². The first kappa shape index (κ1) is 21.2. The molecule has 4 aromatic rings. The summed E-state index contributed by atoms with van der Waals surface area (Å²) in [5, 5.41) is 4.91. The maximum absolute atomic E-state index is 13.4. The number of halogens is 1. The maximum Gasteiger partial charge on any atom is 0.256 e. The van der Waals surface area contributed by atoms with Gasteiger partial charge < -0.3 is 5.32 Å². The minimum absolute atomic E-state index is 0.209. The van der Waals surface area contributed by atoms with E-state index in [9.17, 15) is 9.18 Å². The largest absolute Gasteiger partial charge is 0.306 e. The van der Waals surface area contributed by atoms with Gasteiger partial charge in [0, 0.05) is 35.3 Å². The quantitative estimate of drug-likeness (QED) is 0.405. The fourth-order valence-corrected chi connectivity index (χ4v) is 4.26. The minimum atomic E-state index is -0.311. The molecular weight excluding hydrogens is 411 g/mol. The highest BCUT2D eigenvalue weighted by Gasteiger charge is 2.18. The monoisotopic (exact) mass is 436 g/mol. The fraction of sp³-hybridized carbons (Fsp3) is 0.250. The third-order valence-electron chi connectivity index (χ3n) is 5.35. The van der Waals surface area contributed by atoms with E-state index < -0.39 is 0 Å². The van der Waals surface area contributed by atoms with Gasteiger partial charge in [0.05, 0.1) is 0 Å². The Morgan fingerprint density at radius 1 is 1.16 bits per heavy atom.